The molecule has 1 N–H and O–H groups in total. The molecule has 114 valence electrons. The third-order valence-corrected chi connectivity index (χ3v) is 4.44. The molecule has 2 rings (SSSR count). The van der Waals surface area contributed by atoms with Crippen molar-refractivity contribution >= 4 is 33.4 Å². The quantitative estimate of drug-likeness (QED) is 0.642. The molecule has 1 aliphatic heterocycles. The molecule has 21 heavy (non-hydrogen) atoms. The minimum atomic E-state index is -0.787. The van der Waals surface area contributed by atoms with Gasteiger partial charge in [-0.2, -0.15) is 0 Å². The molecule has 0 saturated carbocycles. The smallest absolute Gasteiger partial charge is 0.311 e. The Morgan fingerprint density at radius 1 is 1.67 bits per heavy atom. The first kappa shape index (κ1) is 15.7. The van der Waals surface area contributed by atoms with Gasteiger partial charge in [0, 0.05) is 19.2 Å². The molecule has 0 bridgehead atoms. The van der Waals surface area contributed by atoms with Gasteiger partial charge in [0.1, 0.15) is 12.0 Å². The molecule has 2 heterocycles. The number of pyridine rings is 1. The van der Waals surface area contributed by atoms with E-state index in [-0.39, 0.29) is 5.69 Å². The standard InChI is InChI=1S/C13H16BrN3O4/c1-2-3-13(12(18)19)4-5-16(8-13)11-10(14)6-9(7-15-11)17(20)21/h6-7H,2-5,8H2,1H3,(H,18,19). The van der Waals surface area contributed by atoms with Crippen molar-refractivity contribution in [3.05, 3.63) is 26.9 Å². The summed E-state index contributed by atoms with van der Waals surface area (Å²) < 4.78 is 0.509. The summed E-state index contributed by atoms with van der Waals surface area (Å²) in [5, 5.41) is 20.2. The average molecular weight is 358 g/mol. The minimum Gasteiger partial charge on any atom is -0.481 e. The molecule has 7 nitrogen and oxygen atoms in total. The van der Waals surface area contributed by atoms with Crippen LogP contribution >= 0.6 is 15.9 Å². The molecule has 1 unspecified atom stereocenters. The van der Waals surface area contributed by atoms with Gasteiger partial charge in [0.15, 0.2) is 0 Å². The molecule has 1 atom stereocenters. The zero-order valence-electron chi connectivity index (χ0n) is 11.6. The largest absolute Gasteiger partial charge is 0.481 e. The molecule has 0 amide bonds. The topological polar surface area (TPSA) is 96.6 Å². The Hall–Kier alpha value is -1.70. The number of halogens is 1. The molecule has 0 aromatic carbocycles. The van der Waals surface area contributed by atoms with Crippen LogP contribution in [0.3, 0.4) is 0 Å². The molecule has 1 aromatic heterocycles. The zero-order chi connectivity index (χ0) is 15.6. The number of carboxylic acids is 1. The maximum atomic E-state index is 11.6. The molecule has 1 aliphatic rings. The summed E-state index contributed by atoms with van der Waals surface area (Å²) in [5.74, 6) is -0.232. The van der Waals surface area contributed by atoms with Crippen molar-refractivity contribution in [3.8, 4) is 0 Å². The van der Waals surface area contributed by atoms with Crippen molar-refractivity contribution in [2.45, 2.75) is 26.2 Å². The number of hydrogen-bond donors (Lipinski definition) is 1. The Morgan fingerprint density at radius 2 is 2.38 bits per heavy atom. The van der Waals surface area contributed by atoms with Crippen LogP contribution in [0.4, 0.5) is 11.5 Å². The highest BCUT2D eigenvalue weighted by atomic mass is 79.9. The number of carbonyl (C=O) groups is 1. The highest BCUT2D eigenvalue weighted by molar-refractivity contribution is 9.10. The lowest BCUT2D eigenvalue weighted by Gasteiger charge is -2.25. The second-order valence-corrected chi connectivity index (χ2v) is 6.12. The molecule has 1 fully saturated rings. The molecule has 1 saturated heterocycles. The number of rotatable bonds is 5. The second-order valence-electron chi connectivity index (χ2n) is 5.26. The summed E-state index contributed by atoms with van der Waals surface area (Å²) in [4.78, 5) is 27.8. The van der Waals surface area contributed by atoms with E-state index in [1.54, 1.807) is 0 Å². The Morgan fingerprint density at radius 3 is 2.90 bits per heavy atom. The van der Waals surface area contributed by atoms with E-state index in [2.05, 4.69) is 20.9 Å². The third-order valence-electron chi connectivity index (χ3n) is 3.85. The van der Waals surface area contributed by atoms with Gasteiger partial charge >= 0.3 is 5.97 Å². The third kappa shape index (κ3) is 2.99. The van der Waals surface area contributed by atoms with Crippen LogP contribution in [0, 0.1) is 15.5 Å². The summed E-state index contributed by atoms with van der Waals surface area (Å²) in [6.45, 7) is 2.92. The number of carboxylic acid groups (broad SMARTS) is 1. The lowest BCUT2D eigenvalue weighted by Crippen LogP contribution is -2.34. The van der Waals surface area contributed by atoms with E-state index < -0.39 is 16.3 Å². The van der Waals surface area contributed by atoms with Crippen LogP contribution in [-0.2, 0) is 4.79 Å². The van der Waals surface area contributed by atoms with Crippen molar-refractivity contribution in [1.29, 1.82) is 0 Å². The number of nitro groups is 1. The van der Waals surface area contributed by atoms with Gasteiger partial charge in [0.2, 0.25) is 0 Å². The predicted octanol–water partition coefficient (Wildman–Crippen LogP) is 2.83. The van der Waals surface area contributed by atoms with Crippen LogP contribution in [0.5, 0.6) is 0 Å². The summed E-state index contributed by atoms with van der Waals surface area (Å²) in [6, 6.07) is 1.39. The average Bonchev–Trinajstić information content (AvgIpc) is 2.84. The molecular formula is C13H16BrN3O4. The van der Waals surface area contributed by atoms with Crippen molar-refractivity contribution in [2.75, 3.05) is 18.0 Å². The predicted molar refractivity (Wildman–Crippen MR) is 80.4 cm³/mol. The summed E-state index contributed by atoms with van der Waals surface area (Å²) in [7, 11) is 0. The Bertz CT molecular complexity index is 581. The number of anilines is 1. The fraction of sp³-hybridized carbons (Fsp3) is 0.538. The highest BCUT2D eigenvalue weighted by Crippen LogP contribution is 2.39. The fourth-order valence-corrected chi connectivity index (χ4v) is 3.36. The first-order valence-corrected chi connectivity index (χ1v) is 7.47. The van der Waals surface area contributed by atoms with Crippen LogP contribution < -0.4 is 4.90 Å². The van der Waals surface area contributed by atoms with Crippen LogP contribution in [0.1, 0.15) is 26.2 Å². The Balaban J connectivity index is 2.25. The van der Waals surface area contributed by atoms with Crippen LogP contribution in [0.2, 0.25) is 0 Å². The molecule has 1 aromatic rings. The minimum absolute atomic E-state index is 0.0946. The van der Waals surface area contributed by atoms with Crippen LogP contribution in [-0.4, -0.2) is 34.1 Å². The van der Waals surface area contributed by atoms with Crippen LogP contribution in [0.25, 0.3) is 0 Å². The number of nitrogens with zero attached hydrogens (tertiary/aromatic N) is 3. The van der Waals surface area contributed by atoms with Crippen molar-refractivity contribution in [2.24, 2.45) is 5.41 Å². The zero-order valence-corrected chi connectivity index (χ0v) is 13.2. The van der Waals surface area contributed by atoms with E-state index >= 15 is 0 Å². The lowest BCUT2D eigenvalue weighted by atomic mass is 9.83. The van der Waals surface area contributed by atoms with E-state index in [4.69, 9.17) is 0 Å². The van der Waals surface area contributed by atoms with E-state index in [1.807, 2.05) is 11.8 Å². The Labute approximate surface area is 130 Å². The van der Waals surface area contributed by atoms with Crippen molar-refractivity contribution in [1.82, 2.24) is 4.98 Å². The number of aliphatic carboxylic acids is 1. The monoisotopic (exact) mass is 357 g/mol. The summed E-state index contributed by atoms with van der Waals surface area (Å²) in [5.41, 5.74) is -0.847. The molecule has 8 heteroatoms. The van der Waals surface area contributed by atoms with Crippen LogP contribution in [0.15, 0.2) is 16.7 Å². The molecular weight excluding hydrogens is 342 g/mol. The molecule has 0 radical (unpaired) electrons. The maximum Gasteiger partial charge on any atom is 0.311 e. The highest BCUT2D eigenvalue weighted by Gasteiger charge is 2.44. The van der Waals surface area contributed by atoms with E-state index in [1.165, 1.54) is 12.3 Å². The second kappa shape index (κ2) is 5.97. The van der Waals surface area contributed by atoms with E-state index in [9.17, 15) is 20.0 Å². The first-order valence-electron chi connectivity index (χ1n) is 6.68. The van der Waals surface area contributed by atoms with Gasteiger partial charge in [0.25, 0.3) is 5.69 Å². The maximum absolute atomic E-state index is 11.6. The van der Waals surface area contributed by atoms with E-state index in [0.717, 1.165) is 6.42 Å². The summed E-state index contributed by atoms with van der Waals surface area (Å²) in [6.07, 6.45) is 3.17. The van der Waals surface area contributed by atoms with Crippen molar-refractivity contribution < 1.29 is 14.8 Å². The van der Waals surface area contributed by atoms with Gasteiger partial charge in [0.05, 0.1) is 14.8 Å². The first-order chi connectivity index (χ1) is 9.89. The van der Waals surface area contributed by atoms with Crippen molar-refractivity contribution in [3.63, 3.8) is 0 Å². The normalized spacial score (nSPS) is 21.5. The SMILES string of the molecule is CCCC1(C(=O)O)CCN(c2ncc([N+](=O)[O-])cc2Br)C1. The van der Waals surface area contributed by atoms with Gasteiger partial charge in [-0.15, -0.1) is 0 Å². The number of aromatic nitrogens is 1. The lowest BCUT2D eigenvalue weighted by molar-refractivity contribution is -0.385. The number of hydrogen-bond acceptors (Lipinski definition) is 5. The van der Waals surface area contributed by atoms with Gasteiger partial charge in [-0.3, -0.25) is 14.9 Å². The van der Waals surface area contributed by atoms with Gasteiger partial charge in [-0.05, 0) is 28.8 Å². The van der Waals surface area contributed by atoms with E-state index in [0.29, 0.717) is 36.2 Å². The Kier molecular flexibility index (Phi) is 4.46. The fourth-order valence-electron chi connectivity index (χ4n) is 2.77. The van der Waals surface area contributed by atoms with Gasteiger partial charge in [-0.1, -0.05) is 13.3 Å². The van der Waals surface area contributed by atoms with Gasteiger partial charge < -0.3 is 10.0 Å². The molecule has 0 spiro atoms. The van der Waals surface area contributed by atoms with Gasteiger partial charge in [-0.25, -0.2) is 4.98 Å². The summed E-state index contributed by atoms with van der Waals surface area (Å²) >= 11 is 3.28. The molecule has 0 aliphatic carbocycles.